The third kappa shape index (κ3) is 2.14. The fourth-order valence-corrected chi connectivity index (χ4v) is 4.21. The number of nitrogens with one attached hydrogen (secondary N) is 1. The van der Waals surface area contributed by atoms with Crippen LogP contribution in [0, 0.1) is 0 Å². The van der Waals surface area contributed by atoms with E-state index < -0.39 is 23.8 Å². The lowest BCUT2D eigenvalue weighted by Crippen LogP contribution is -2.48. The van der Waals surface area contributed by atoms with Crippen LogP contribution in [0.1, 0.15) is 46.5 Å². The van der Waals surface area contributed by atoms with Gasteiger partial charge in [-0.05, 0) is 26.7 Å². The lowest BCUT2D eigenvalue weighted by atomic mass is 9.90. The molecule has 0 aliphatic carbocycles. The van der Waals surface area contributed by atoms with Crippen molar-refractivity contribution in [2.75, 3.05) is 13.6 Å². The number of hydrogen-bond donors (Lipinski definition) is 2. The maximum Gasteiger partial charge on any atom is 0.191 e. The lowest BCUT2D eigenvalue weighted by Gasteiger charge is -2.29. The maximum atomic E-state index is 11.6. The highest BCUT2D eigenvalue weighted by Crippen LogP contribution is 2.52. The van der Waals surface area contributed by atoms with Crippen molar-refractivity contribution in [2.24, 2.45) is 0 Å². The van der Waals surface area contributed by atoms with Crippen LogP contribution >= 0.6 is 0 Å². The number of allylic oxidation sites excluding steroid dienone is 1. The molecular formula is C16H27N3O4. The molecule has 130 valence electrons. The highest BCUT2D eigenvalue weighted by Gasteiger charge is 2.70. The molecule has 0 saturated carbocycles. The third-order valence-electron chi connectivity index (χ3n) is 5.23. The van der Waals surface area contributed by atoms with Crippen molar-refractivity contribution < 1.29 is 19.3 Å². The molecule has 0 aromatic rings. The SMILES string of the molecule is CCCCCC1=C2N(C[C@H]3O[C@@H]4OC(C)(C)O[C@@H]4[C@@]23O)N(C)N1. The first-order valence-corrected chi connectivity index (χ1v) is 8.61. The van der Waals surface area contributed by atoms with Crippen molar-refractivity contribution in [1.29, 1.82) is 0 Å². The van der Waals surface area contributed by atoms with Gasteiger partial charge < -0.3 is 24.7 Å². The van der Waals surface area contributed by atoms with Crippen molar-refractivity contribution >= 4 is 0 Å². The van der Waals surface area contributed by atoms with E-state index in [2.05, 4.69) is 17.4 Å². The van der Waals surface area contributed by atoms with E-state index in [0.29, 0.717) is 6.54 Å². The third-order valence-corrected chi connectivity index (χ3v) is 5.23. The van der Waals surface area contributed by atoms with Gasteiger partial charge in [0.1, 0.15) is 12.2 Å². The number of hydrogen-bond acceptors (Lipinski definition) is 7. The van der Waals surface area contributed by atoms with E-state index in [-0.39, 0.29) is 6.10 Å². The van der Waals surface area contributed by atoms with Gasteiger partial charge in [0.2, 0.25) is 0 Å². The van der Waals surface area contributed by atoms with Crippen LogP contribution < -0.4 is 5.43 Å². The van der Waals surface area contributed by atoms with Crippen molar-refractivity contribution in [3.8, 4) is 0 Å². The van der Waals surface area contributed by atoms with Crippen LogP contribution in [0.2, 0.25) is 0 Å². The number of hydrazine groups is 2. The summed E-state index contributed by atoms with van der Waals surface area (Å²) in [7, 11) is 1.96. The Balaban J connectivity index is 1.66. The molecule has 3 fully saturated rings. The number of unbranched alkanes of at least 4 members (excludes halogenated alkanes) is 2. The molecule has 0 amide bonds. The minimum Gasteiger partial charge on any atom is -0.378 e. The molecule has 4 rings (SSSR count). The summed E-state index contributed by atoms with van der Waals surface area (Å²) in [6.45, 7) is 6.51. The van der Waals surface area contributed by atoms with Crippen molar-refractivity contribution in [3.63, 3.8) is 0 Å². The molecule has 0 aromatic heterocycles. The van der Waals surface area contributed by atoms with Gasteiger partial charge in [0.15, 0.2) is 17.7 Å². The van der Waals surface area contributed by atoms with Crippen LogP contribution in [0.5, 0.6) is 0 Å². The smallest absolute Gasteiger partial charge is 0.191 e. The van der Waals surface area contributed by atoms with Gasteiger partial charge in [-0.15, -0.1) is 5.12 Å². The topological polar surface area (TPSA) is 66.4 Å². The predicted octanol–water partition coefficient (Wildman–Crippen LogP) is 1.07. The summed E-state index contributed by atoms with van der Waals surface area (Å²) < 4.78 is 17.8. The number of ether oxygens (including phenoxy) is 3. The van der Waals surface area contributed by atoms with E-state index in [1.54, 1.807) is 0 Å². The predicted molar refractivity (Wildman–Crippen MR) is 82.4 cm³/mol. The van der Waals surface area contributed by atoms with E-state index >= 15 is 0 Å². The minimum atomic E-state index is -1.16. The summed E-state index contributed by atoms with van der Waals surface area (Å²) in [5, 5.41) is 15.6. The molecule has 4 heterocycles. The first kappa shape index (κ1) is 15.7. The molecule has 0 unspecified atom stereocenters. The Morgan fingerprint density at radius 3 is 2.83 bits per heavy atom. The molecule has 4 atom stereocenters. The van der Waals surface area contributed by atoms with Crippen LogP contribution in [0.3, 0.4) is 0 Å². The van der Waals surface area contributed by atoms with Crippen molar-refractivity contribution in [1.82, 2.24) is 15.6 Å². The summed E-state index contributed by atoms with van der Waals surface area (Å²) in [5.41, 5.74) is 4.20. The van der Waals surface area contributed by atoms with Crippen LogP contribution in [-0.2, 0) is 14.2 Å². The number of aliphatic hydroxyl groups is 1. The molecule has 7 heteroatoms. The minimum absolute atomic E-state index is 0.325. The fraction of sp³-hybridized carbons (Fsp3) is 0.875. The number of nitrogens with zero attached hydrogens (tertiary/aromatic N) is 2. The van der Waals surface area contributed by atoms with Gasteiger partial charge in [0.25, 0.3) is 0 Å². The summed E-state index contributed by atoms with van der Waals surface area (Å²) in [6.07, 6.45) is 3.06. The average molecular weight is 325 g/mol. The first-order chi connectivity index (χ1) is 10.9. The highest BCUT2D eigenvalue weighted by molar-refractivity contribution is 5.36. The molecule has 2 N–H and O–H groups in total. The zero-order valence-corrected chi connectivity index (χ0v) is 14.3. The standard InChI is InChI=1S/C16H27N3O4/c1-5-6-7-8-10-12-16(20)11(9-19(12)18(4)17-10)21-14-13(16)22-15(2,3)23-14/h11,13-14,17,20H,5-9H2,1-4H3/t11-,13+,14-,16+/m1/s1. The Hall–Kier alpha value is -0.860. The van der Waals surface area contributed by atoms with E-state index in [0.717, 1.165) is 24.2 Å². The van der Waals surface area contributed by atoms with Gasteiger partial charge in [-0.3, -0.25) is 5.01 Å². The summed E-state index contributed by atoms with van der Waals surface area (Å²) in [6, 6.07) is 0. The zero-order chi connectivity index (χ0) is 16.4. The van der Waals surface area contributed by atoms with E-state index in [9.17, 15) is 5.11 Å². The van der Waals surface area contributed by atoms with Gasteiger partial charge in [0.05, 0.1) is 17.9 Å². The Kier molecular flexibility index (Phi) is 3.45. The van der Waals surface area contributed by atoms with Gasteiger partial charge in [-0.1, -0.05) is 19.8 Å². The highest BCUT2D eigenvalue weighted by atomic mass is 16.8. The second-order valence-electron chi connectivity index (χ2n) is 7.38. The molecule has 4 aliphatic rings. The molecule has 7 nitrogen and oxygen atoms in total. The lowest BCUT2D eigenvalue weighted by molar-refractivity contribution is -0.220. The van der Waals surface area contributed by atoms with E-state index in [4.69, 9.17) is 14.2 Å². The molecule has 23 heavy (non-hydrogen) atoms. The molecule has 0 aromatic carbocycles. The van der Waals surface area contributed by atoms with Crippen LogP contribution in [0.4, 0.5) is 0 Å². The fourth-order valence-electron chi connectivity index (χ4n) is 4.21. The van der Waals surface area contributed by atoms with E-state index in [1.165, 1.54) is 12.8 Å². The zero-order valence-electron chi connectivity index (χ0n) is 14.3. The Bertz CT molecular complexity index is 537. The van der Waals surface area contributed by atoms with Crippen molar-refractivity contribution in [3.05, 3.63) is 11.4 Å². The van der Waals surface area contributed by atoms with Crippen LogP contribution in [-0.4, -0.2) is 58.7 Å². The monoisotopic (exact) mass is 325 g/mol. The summed E-state index contributed by atoms with van der Waals surface area (Å²) in [5.74, 6) is -0.732. The Morgan fingerprint density at radius 2 is 2.09 bits per heavy atom. The van der Waals surface area contributed by atoms with Gasteiger partial charge >= 0.3 is 0 Å². The van der Waals surface area contributed by atoms with Crippen LogP contribution in [0.15, 0.2) is 11.4 Å². The molecular weight excluding hydrogens is 298 g/mol. The summed E-state index contributed by atoms with van der Waals surface area (Å²) >= 11 is 0. The second-order valence-corrected chi connectivity index (χ2v) is 7.38. The second kappa shape index (κ2) is 5.07. The van der Waals surface area contributed by atoms with Gasteiger partial charge in [0, 0.05) is 7.05 Å². The van der Waals surface area contributed by atoms with Crippen molar-refractivity contribution in [2.45, 2.75) is 76.3 Å². The first-order valence-electron chi connectivity index (χ1n) is 8.61. The summed E-state index contributed by atoms with van der Waals surface area (Å²) in [4.78, 5) is 0. The molecule has 0 bridgehead atoms. The van der Waals surface area contributed by atoms with Gasteiger partial charge in [-0.25, -0.2) is 0 Å². The van der Waals surface area contributed by atoms with E-state index in [1.807, 2.05) is 26.0 Å². The van der Waals surface area contributed by atoms with Gasteiger partial charge in [-0.2, -0.15) is 0 Å². The average Bonchev–Trinajstić information content (AvgIpc) is 3.10. The normalized spacial score (nSPS) is 41.3. The Labute approximate surface area is 137 Å². The quantitative estimate of drug-likeness (QED) is 0.749. The molecule has 0 radical (unpaired) electrons. The largest absolute Gasteiger partial charge is 0.378 e. The Morgan fingerprint density at radius 1 is 1.30 bits per heavy atom. The number of fused-ring (bicyclic) bond motifs is 5. The molecule has 0 spiro atoms. The van der Waals surface area contributed by atoms with Crippen LogP contribution in [0.25, 0.3) is 0 Å². The number of rotatable bonds is 4. The molecule has 3 saturated heterocycles. The maximum absolute atomic E-state index is 11.6. The molecule has 4 aliphatic heterocycles.